The van der Waals surface area contributed by atoms with Crippen LogP contribution in [-0.4, -0.2) is 42.3 Å². The van der Waals surface area contributed by atoms with Crippen molar-refractivity contribution in [3.05, 3.63) is 39.8 Å². The summed E-state index contributed by atoms with van der Waals surface area (Å²) in [4.78, 5) is 0. The molecule has 0 N–H and O–H groups in total. The third-order valence-corrected chi connectivity index (χ3v) is 1.15. The van der Waals surface area contributed by atoms with Gasteiger partial charge in [-0.15, -0.1) is 6.42 Å². The number of hydrogen-bond donors (Lipinski definition) is 0. The van der Waals surface area contributed by atoms with E-state index in [4.69, 9.17) is 0 Å². The zero-order valence-electron chi connectivity index (χ0n) is 12.4. The summed E-state index contributed by atoms with van der Waals surface area (Å²) >= 11 is 0. The average molecular weight is 273 g/mol. The van der Waals surface area contributed by atoms with Crippen molar-refractivity contribution in [3.8, 4) is 0 Å². The molecule has 1 aliphatic rings. The van der Waals surface area contributed by atoms with Crippen LogP contribution in [0.15, 0.2) is 17.7 Å². The van der Waals surface area contributed by atoms with Gasteiger partial charge in [-0.3, -0.25) is 6.08 Å². The maximum atomic E-state index is 3.50. The van der Waals surface area contributed by atoms with Gasteiger partial charge in [0.2, 0.25) is 0 Å². The summed E-state index contributed by atoms with van der Waals surface area (Å²) in [6.07, 6.45) is 9.65. The standard InChI is InChI=1S/C7H9.3C2H6N.Ti/c1-2-7-5-3-4-6-7;3*1-3-2;/h3,5H,2,4H2,1H3;3*1-2H3;/q4*-1;+4. The summed E-state index contributed by atoms with van der Waals surface area (Å²) < 4.78 is 0. The zero-order valence-corrected chi connectivity index (χ0v) is 14.0. The fourth-order valence-corrected chi connectivity index (χ4v) is 0.693. The maximum absolute atomic E-state index is 3.50. The number of allylic oxidation sites excluding steroid dienone is 4. The summed E-state index contributed by atoms with van der Waals surface area (Å²) in [6, 6.07) is 0. The third-order valence-electron chi connectivity index (χ3n) is 1.15. The van der Waals surface area contributed by atoms with Gasteiger partial charge in [-0.2, -0.15) is 48.4 Å². The molecule has 0 aliphatic heterocycles. The van der Waals surface area contributed by atoms with Crippen molar-refractivity contribution in [2.75, 3.05) is 42.3 Å². The monoisotopic (exact) mass is 273 g/mol. The Kier molecular flexibility index (Phi) is 45.2. The molecule has 0 saturated heterocycles. The van der Waals surface area contributed by atoms with Crippen LogP contribution in [0.25, 0.3) is 16.0 Å². The van der Waals surface area contributed by atoms with Crippen molar-refractivity contribution in [1.29, 1.82) is 0 Å². The molecule has 17 heavy (non-hydrogen) atoms. The smallest absolute Gasteiger partial charge is 0.668 e. The van der Waals surface area contributed by atoms with Crippen LogP contribution in [0.2, 0.25) is 0 Å². The average Bonchev–Trinajstić information content (AvgIpc) is 2.73. The molecule has 0 aromatic heterocycles. The maximum Gasteiger partial charge on any atom is 4.00 e. The molecule has 1 aliphatic carbocycles. The van der Waals surface area contributed by atoms with Crippen LogP contribution in [0.3, 0.4) is 0 Å². The van der Waals surface area contributed by atoms with E-state index in [1.54, 1.807) is 42.3 Å². The van der Waals surface area contributed by atoms with Crippen LogP contribution < -0.4 is 0 Å². The van der Waals surface area contributed by atoms with E-state index in [0.29, 0.717) is 0 Å². The molecule has 0 unspecified atom stereocenters. The first-order valence-corrected chi connectivity index (χ1v) is 5.38. The zero-order chi connectivity index (χ0) is 13.2. The second kappa shape index (κ2) is 29.8. The Morgan fingerprint density at radius 3 is 1.47 bits per heavy atom. The van der Waals surface area contributed by atoms with Crippen LogP contribution in [0.5, 0.6) is 0 Å². The predicted molar refractivity (Wildman–Crippen MR) is 76.4 cm³/mol. The molecule has 0 bridgehead atoms. The first-order valence-electron chi connectivity index (χ1n) is 5.38. The minimum Gasteiger partial charge on any atom is -0.668 e. The molecule has 1 rings (SSSR count). The third kappa shape index (κ3) is 38.7. The molecule has 0 aromatic carbocycles. The van der Waals surface area contributed by atoms with Crippen LogP contribution >= 0.6 is 0 Å². The van der Waals surface area contributed by atoms with Crippen molar-refractivity contribution >= 4 is 0 Å². The summed E-state index contributed by atoms with van der Waals surface area (Å²) in [6.45, 7) is 2.15. The fraction of sp³-hybridized carbons (Fsp3) is 0.692. The van der Waals surface area contributed by atoms with Gasteiger partial charge in [0.25, 0.3) is 0 Å². The van der Waals surface area contributed by atoms with Gasteiger partial charge in [-0.05, 0) is 0 Å². The number of nitrogens with zero attached hydrogens (tertiary/aromatic N) is 3. The Balaban J connectivity index is -0.0000000734. The largest absolute Gasteiger partial charge is 4.00 e. The molecule has 0 radical (unpaired) electrons. The van der Waals surface area contributed by atoms with E-state index >= 15 is 0 Å². The Bertz CT molecular complexity index is 152. The van der Waals surface area contributed by atoms with Gasteiger partial charge < -0.3 is 16.0 Å². The summed E-state index contributed by atoms with van der Waals surface area (Å²) in [5.74, 6) is 0. The summed E-state index contributed by atoms with van der Waals surface area (Å²) in [5.41, 5.74) is 1.36. The number of hydrogen-bond acceptors (Lipinski definition) is 0. The molecule has 0 amide bonds. The van der Waals surface area contributed by atoms with Crippen molar-refractivity contribution < 1.29 is 21.7 Å². The van der Waals surface area contributed by atoms with Gasteiger partial charge in [0, 0.05) is 0 Å². The Labute approximate surface area is 123 Å². The van der Waals surface area contributed by atoms with E-state index in [-0.39, 0.29) is 21.7 Å². The fourth-order valence-electron chi connectivity index (χ4n) is 0.693. The predicted octanol–water partition coefficient (Wildman–Crippen LogP) is 3.94. The van der Waals surface area contributed by atoms with Crippen molar-refractivity contribution in [1.82, 2.24) is 0 Å². The van der Waals surface area contributed by atoms with Crippen molar-refractivity contribution in [2.45, 2.75) is 19.8 Å². The molecule has 0 fully saturated rings. The van der Waals surface area contributed by atoms with Gasteiger partial charge in [0.15, 0.2) is 0 Å². The Hall–Kier alpha value is 0.0743. The van der Waals surface area contributed by atoms with Gasteiger partial charge in [-0.25, -0.2) is 11.6 Å². The molecule has 0 aromatic rings. The van der Waals surface area contributed by atoms with Crippen LogP contribution in [0.1, 0.15) is 19.8 Å². The van der Waals surface area contributed by atoms with E-state index in [9.17, 15) is 0 Å². The van der Waals surface area contributed by atoms with Crippen molar-refractivity contribution in [2.24, 2.45) is 0 Å². The molecule has 0 atom stereocenters. The van der Waals surface area contributed by atoms with Gasteiger partial charge >= 0.3 is 21.7 Å². The Morgan fingerprint density at radius 2 is 1.35 bits per heavy atom. The van der Waals surface area contributed by atoms with Gasteiger partial charge in [0.1, 0.15) is 0 Å². The molecular weight excluding hydrogens is 246 g/mol. The van der Waals surface area contributed by atoms with Crippen LogP contribution in [-0.2, 0) is 21.7 Å². The van der Waals surface area contributed by atoms with Gasteiger partial charge in [0.05, 0.1) is 0 Å². The molecule has 0 saturated carbocycles. The minimum atomic E-state index is 0. The van der Waals surface area contributed by atoms with Crippen molar-refractivity contribution in [3.63, 3.8) is 0 Å². The normalized spacial score (nSPS) is 10.4. The second-order valence-corrected chi connectivity index (χ2v) is 3.00. The molecule has 98 valence electrons. The molecule has 4 heteroatoms. The van der Waals surface area contributed by atoms with E-state index in [0.717, 1.165) is 12.8 Å². The molecule has 0 heterocycles. The SMILES string of the molecule is CCC1=[C-]CC=C1.C[N-]C.C[N-]C.C[N-]C.[Ti+4]. The first-order chi connectivity index (χ1) is 7.67. The second-order valence-electron chi connectivity index (χ2n) is 3.00. The van der Waals surface area contributed by atoms with Gasteiger partial charge in [-0.1, -0.05) is 13.3 Å². The molecule has 3 nitrogen and oxygen atoms in total. The molecular formula is C13H27N3Ti. The van der Waals surface area contributed by atoms with E-state index in [1.807, 2.05) is 0 Å². The summed E-state index contributed by atoms with van der Waals surface area (Å²) in [7, 11) is 10.5. The molecule has 0 spiro atoms. The number of rotatable bonds is 1. The van der Waals surface area contributed by atoms with E-state index in [2.05, 4.69) is 41.1 Å². The minimum absolute atomic E-state index is 0. The van der Waals surface area contributed by atoms with E-state index < -0.39 is 0 Å². The topological polar surface area (TPSA) is 42.3 Å². The quantitative estimate of drug-likeness (QED) is 0.513. The van der Waals surface area contributed by atoms with Crippen LogP contribution in [0, 0.1) is 6.08 Å². The van der Waals surface area contributed by atoms with Crippen LogP contribution in [0.4, 0.5) is 0 Å². The summed E-state index contributed by atoms with van der Waals surface area (Å²) in [5, 5.41) is 10.5. The van der Waals surface area contributed by atoms with E-state index in [1.165, 1.54) is 5.57 Å². The first kappa shape index (κ1) is 25.8. The Morgan fingerprint density at radius 1 is 1.00 bits per heavy atom.